The van der Waals surface area contributed by atoms with Gasteiger partial charge in [0, 0.05) is 10.9 Å². The summed E-state index contributed by atoms with van der Waals surface area (Å²) in [5.74, 6) is 1.67. The van der Waals surface area contributed by atoms with Gasteiger partial charge >= 0.3 is 0 Å². The normalized spacial score (nSPS) is 10.4. The molecule has 0 amide bonds. The SMILES string of the molecule is COc1cccc(-c2csc(-c3ccccc3OC)n2)c1. The third kappa shape index (κ3) is 2.76. The van der Waals surface area contributed by atoms with Crippen LogP contribution in [0.3, 0.4) is 0 Å². The van der Waals surface area contributed by atoms with Gasteiger partial charge in [-0.2, -0.15) is 0 Å². The zero-order chi connectivity index (χ0) is 14.7. The first-order valence-electron chi connectivity index (χ1n) is 6.55. The molecule has 0 aliphatic carbocycles. The molecule has 4 heteroatoms. The Balaban J connectivity index is 1.99. The fourth-order valence-corrected chi connectivity index (χ4v) is 2.99. The molecule has 1 heterocycles. The zero-order valence-corrected chi connectivity index (χ0v) is 12.7. The summed E-state index contributed by atoms with van der Waals surface area (Å²) in [5.41, 5.74) is 3.01. The van der Waals surface area contributed by atoms with Gasteiger partial charge in [0.05, 0.1) is 25.5 Å². The van der Waals surface area contributed by atoms with Gasteiger partial charge in [0.15, 0.2) is 0 Å². The number of thiazole rings is 1. The van der Waals surface area contributed by atoms with E-state index in [0.29, 0.717) is 0 Å². The molecule has 0 N–H and O–H groups in total. The Hall–Kier alpha value is -2.33. The first-order valence-corrected chi connectivity index (χ1v) is 7.43. The minimum Gasteiger partial charge on any atom is -0.497 e. The second kappa shape index (κ2) is 5.97. The van der Waals surface area contributed by atoms with E-state index in [0.717, 1.165) is 33.3 Å². The maximum atomic E-state index is 5.40. The number of aromatic nitrogens is 1. The molecule has 3 rings (SSSR count). The topological polar surface area (TPSA) is 31.4 Å². The molecule has 21 heavy (non-hydrogen) atoms. The first-order chi connectivity index (χ1) is 10.3. The van der Waals surface area contributed by atoms with Gasteiger partial charge in [-0.05, 0) is 24.3 Å². The number of hydrogen-bond acceptors (Lipinski definition) is 4. The van der Waals surface area contributed by atoms with E-state index in [9.17, 15) is 0 Å². The van der Waals surface area contributed by atoms with E-state index in [1.54, 1.807) is 25.6 Å². The third-order valence-electron chi connectivity index (χ3n) is 3.21. The first kappa shape index (κ1) is 13.6. The summed E-state index contributed by atoms with van der Waals surface area (Å²) < 4.78 is 10.7. The summed E-state index contributed by atoms with van der Waals surface area (Å²) in [4.78, 5) is 4.72. The Labute approximate surface area is 127 Å². The van der Waals surface area contributed by atoms with Gasteiger partial charge in [0.1, 0.15) is 16.5 Å². The number of para-hydroxylation sites is 1. The molecular formula is C17H15NO2S. The quantitative estimate of drug-likeness (QED) is 0.711. The minimum absolute atomic E-state index is 0.833. The predicted molar refractivity (Wildman–Crippen MR) is 86.1 cm³/mol. The van der Waals surface area contributed by atoms with Crippen molar-refractivity contribution in [1.82, 2.24) is 4.98 Å². The lowest BCUT2D eigenvalue weighted by atomic mass is 10.1. The summed E-state index contributed by atoms with van der Waals surface area (Å²) in [6.07, 6.45) is 0. The van der Waals surface area contributed by atoms with E-state index in [2.05, 4.69) is 5.38 Å². The summed E-state index contributed by atoms with van der Waals surface area (Å²) in [6, 6.07) is 15.8. The Kier molecular flexibility index (Phi) is 3.88. The second-order valence-corrected chi connectivity index (χ2v) is 5.33. The van der Waals surface area contributed by atoms with E-state index in [1.165, 1.54) is 0 Å². The van der Waals surface area contributed by atoms with Crippen molar-refractivity contribution in [3.05, 3.63) is 53.9 Å². The molecule has 1 aromatic heterocycles. The van der Waals surface area contributed by atoms with Crippen LogP contribution >= 0.6 is 11.3 Å². The van der Waals surface area contributed by atoms with E-state index in [-0.39, 0.29) is 0 Å². The Morgan fingerprint density at radius 1 is 0.952 bits per heavy atom. The Morgan fingerprint density at radius 2 is 1.81 bits per heavy atom. The molecule has 0 bridgehead atoms. The Morgan fingerprint density at radius 3 is 2.62 bits per heavy atom. The molecular weight excluding hydrogens is 282 g/mol. The van der Waals surface area contributed by atoms with Crippen LogP contribution in [0.15, 0.2) is 53.9 Å². The summed E-state index contributed by atoms with van der Waals surface area (Å²) in [6.45, 7) is 0. The van der Waals surface area contributed by atoms with Gasteiger partial charge in [-0.25, -0.2) is 4.98 Å². The summed E-state index contributed by atoms with van der Waals surface area (Å²) >= 11 is 1.61. The number of rotatable bonds is 4. The number of methoxy groups -OCH3 is 2. The minimum atomic E-state index is 0.833. The number of nitrogens with zero attached hydrogens (tertiary/aromatic N) is 1. The number of ether oxygens (including phenoxy) is 2. The highest BCUT2D eigenvalue weighted by Crippen LogP contribution is 2.34. The second-order valence-electron chi connectivity index (χ2n) is 4.47. The monoisotopic (exact) mass is 297 g/mol. The Bertz CT molecular complexity index is 752. The van der Waals surface area contributed by atoms with Crippen molar-refractivity contribution in [3.8, 4) is 33.3 Å². The van der Waals surface area contributed by atoms with Gasteiger partial charge < -0.3 is 9.47 Å². The van der Waals surface area contributed by atoms with Gasteiger partial charge in [0.25, 0.3) is 0 Å². The number of hydrogen-bond donors (Lipinski definition) is 0. The van der Waals surface area contributed by atoms with Crippen LogP contribution in [-0.4, -0.2) is 19.2 Å². The fraction of sp³-hybridized carbons (Fsp3) is 0.118. The maximum Gasteiger partial charge on any atom is 0.129 e. The van der Waals surface area contributed by atoms with Crippen molar-refractivity contribution >= 4 is 11.3 Å². The van der Waals surface area contributed by atoms with Crippen LogP contribution in [0.4, 0.5) is 0 Å². The van der Waals surface area contributed by atoms with Crippen molar-refractivity contribution in [1.29, 1.82) is 0 Å². The van der Waals surface area contributed by atoms with Gasteiger partial charge in [-0.15, -0.1) is 11.3 Å². The van der Waals surface area contributed by atoms with Crippen LogP contribution in [0.2, 0.25) is 0 Å². The predicted octanol–water partition coefficient (Wildman–Crippen LogP) is 4.49. The van der Waals surface area contributed by atoms with Crippen molar-refractivity contribution < 1.29 is 9.47 Å². The molecule has 3 nitrogen and oxygen atoms in total. The van der Waals surface area contributed by atoms with Crippen LogP contribution in [0.5, 0.6) is 11.5 Å². The average molecular weight is 297 g/mol. The summed E-state index contributed by atoms with van der Waals surface area (Å²) in [7, 11) is 3.34. The van der Waals surface area contributed by atoms with Crippen molar-refractivity contribution in [3.63, 3.8) is 0 Å². The van der Waals surface area contributed by atoms with Crippen LogP contribution in [0.1, 0.15) is 0 Å². The molecule has 3 aromatic rings. The molecule has 0 fully saturated rings. The molecule has 0 saturated carbocycles. The van der Waals surface area contributed by atoms with Crippen LogP contribution in [0, 0.1) is 0 Å². The van der Waals surface area contributed by atoms with Gasteiger partial charge in [-0.3, -0.25) is 0 Å². The molecule has 0 aliphatic rings. The average Bonchev–Trinajstić information content (AvgIpc) is 3.04. The molecule has 0 atom stereocenters. The lowest BCUT2D eigenvalue weighted by Gasteiger charge is -2.05. The highest BCUT2D eigenvalue weighted by atomic mass is 32.1. The zero-order valence-electron chi connectivity index (χ0n) is 11.9. The van der Waals surface area contributed by atoms with Crippen molar-refractivity contribution in [2.75, 3.05) is 14.2 Å². The largest absolute Gasteiger partial charge is 0.497 e. The maximum absolute atomic E-state index is 5.40. The third-order valence-corrected chi connectivity index (χ3v) is 4.08. The van der Waals surface area contributed by atoms with E-state index in [1.807, 2.05) is 48.5 Å². The number of benzene rings is 2. The van der Waals surface area contributed by atoms with Crippen molar-refractivity contribution in [2.24, 2.45) is 0 Å². The smallest absolute Gasteiger partial charge is 0.129 e. The standard InChI is InChI=1S/C17H15NO2S/c1-19-13-7-5-6-12(10-13)15-11-21-17(18-15)14-8-3-4-9-16(14)20-2/h3-11H,1-2H3. The molecule has 0 spiro atoms. The van der Waals surface area contributed by atoms with E-state index in [4.69, 9.17) is 14.5 Å². The molecule has 106 valence electrons. The van der Waals surface area contributed by atoms with Crippen molar-refractivity contribution in [2.45, 2.75) is 0 Å². The molecule has 0 aliphatic heterocycles. The van der Waals surface area contributed by atoms with Gasteiger partial charge in [0.2, 0.25) is 0 Å². The van der Waals surface area contributed by atoms with E-state index < -0.39 is 0 Å². The lowest BCUT2D eigenvalue weighted by Crippen LogP contribution is -1.87. The molecule has 0 radical (unpaired) electrons. The molecule has 2 aromatic carbocycles. The lowest BCUT2D eigenvalue weighted by molar-refractivity contribution is 0.415. The summed E-state index contributed by atoms with van der Waals surface area (Å²) in [5, 5.41) is 3.00. The van der Waals surface area contributed by atoms with Crippen LogP contribution in [-0.2, 0) is 0 Å². The van der Waals surface area contributed by atoms with Gasteiger partial charge in [-0.1, -0.05) is 24.3 Å². The molecule has 0 saturated heterocycles. The fourth-order valence-electron chi connectivity index (χ4n) is 2.13. The van der Waals surface area contributed by atoms with Crippen LogP contribution < -0.4 is 9.47 Å². The highest BCUT2D eigenvalue weighted by Gasteiger charge is 2.11. The highest BCUT2D eigenvalue weighted by molar-refractivity contribution is 7.13. The van der Waals surface area contributed by atoms with Crippen LogP contribution in [0.25, 0.3) is 21.8 Å². The van der Waals surface area contributed by atoms with E-state index >= 15 is 0 Å². The molecule has 0 unspecified atom stereocenters.